The number of pyridine rings is 1. The van der Waals surface area contributed by atoms with E-state index < -0.39 is 0 Å². The van der Waals surface area contributed by atoms with Crippen LogP contribution in [0.2, 0.25) is 0 Å². The van der Waals surface area contributed by atoms with Crippen molar-refractivity contribution >= 4 is 5.69 Å². The molecule has 0 saturated carbocycles. The second-order valence-electron chi connectivity index (χ2n) is 2.23. The summed E-state index contributed by atoms with van der Waals surface area (Å²) in [4.78, 5) is 3.89. The van der Waals surface area contributed by atoms with Crippen molar-refractivity contribution in [1.82, 2.24) is 4.98 Å². The van der Waals surface area contributed by atoms with E-state index in [2.05, 4.69) is 4.98 Å². The van der Waals surface area contributed by atoms with Gasteiger partial charge in [-0.2, -0.15) is 5.26 Å². The molecule has 0 atom stereocenters. The van der Waals surface area contributed by atoms with Crippen LogP contribution in [0, 0.1) is 11.3 Å². The number of aryl methyl sites for hydroxylation is 1. The molecule has 3 heteroatoms. The number of hydrogen-bond acceptors (Lipinski definition) is 3. The summed E-state index contributed by atoms with van der Waals surface area (Å²) in [6, 6.07) is 3.52. The lowest BCUT2D eigenvalue weighted by Crippen LogP contribution is -1.95. The van der Waals surface area contributed by atoms with Crippen molar-refractivity contribution in [3.8, 4) is 6.07 Å². The molecule has 0 amide bonds. The average Bonchev–Trinajstić information content (AvgIpc) is 2.04. The molecule has 0 radical (unpaired) electrons. The maximum absolute atomic E-state index is 8.46. The third-order valence-electron chi connectivity index (χ3n) is 1.52. The van der Waals surface area contributed by atoms with Gasteiger partial charge < -0.3 is 5.73 Å². The summed E-state index contributed by atoms with van der Waals surface area (Å²) in [5.41, 5.74) is 7.63. The van der Waals surface area contributed by atoms with E-state index in [4.69, 9.17) is 11.0 Å². The van der Waals surface area contributed by atoms with Gasteiger partial charge in [0.05, 0.1) is 0 Å². The zero-order valence-electron chi connectivity index (χ0n) is 6.33. The Morgan fingerprint density at radius 2 is 2.45 bits per heavy atom. The van der Waals surface area contributed by atoms with Gasteiger partial charge in [-0.25, -0.2) is 4.98 Å². The van der Waals surface area contributed by atoms with Crippen LogP contribution in [0.3, 0.4) is 0 Å². The average molecular weight is 147 g/mol. The fraction of sp³-hybridized carbons (Fsp3) is 0.250. The Bertz CT molecular complexity index is 299. The van der Waals surface area contributed by atoms with Crippen LogP contribution in [0.4, 0.5) is 5.69 Å². The number of anilines is 1. The third-order valence-corrected chi connectivity index (χ3v) is 1.52. The third kappa shape index (κ3) is 1.47. The summed E-state index contributed by atoms with van der Waals surface area (Å²) in [5, 5.41) is 8.46. The number of rotatable bonds is 1. The molecule has 1 rings (SSSR count). The maximum Gasteiger partial charge on any atom is 0.142 e. The highest BCUT2D eigenvalue weighted by atomic mass is 14.7. The Morgan fingerprint density at radius 1 is 1.73 bits per heavy atom. The van der Waals surface area contributed by atoms with Gasteiger partial charge in [0, 0.05) is 11.9 Å². The molecule has 1 heterocycles. The first-order valence-electron chi connectivity index (χ1n) is 3.42. The monoisotopic (exact) mass is 147 g/mol. The van der Waals surface area contributed by atoms with Crippen LogP contribution in [-0.2, 0) is 6.42 Å². The topological polar surface area (TPSA) is 62.7 Å². The van der Waals surface area contributed by atoms with Crippen LogP contribution in [0.1, 0.15) is 18.2 Å². The Hall–Kier alpha value is -1.56. The zero-order chi connectivity index (χ0) is 8.27. The van der Waals surface area contributed by atoms with Crippen molar-refractivity contribution in [2.45, 2.75) is 13.3 Å². The second-order valence-corrected chi connectivity index (χ2v) is 2.23. The van der Waals surface area contributed by atoms with Gasteiger partial charge in [0.2, 0.25) is 0 Å². The highest BCUT2D eigenvalue weighted by molar-refractivity contribution is 5.48. The smallest absolute Gasteiger partial charge is 0.142 e. The van der Waals surface area contributed by atoms with Gasteiger partial charge in [0.1, 0.15) is 11.8 Å². The fourth-order valence-corrected chi connectivity index (χ4v) is 0.856. The summed E-state index contributed by atoms with van der Waals surface area (Å²) in [7, 11) is 0. The standard InChI is InChI=1S/C8H9N3/c1-2-6-5-11-7(4-9)3-8(6)10/h3,5H,2H2,1H3,(H2,10,11). The van der Waals surface area contributed by atoms with E-state index in [9.17, 15) is 0 Å². The van der Waals surface area contributed by atoms with Gasteiger partial charge in [-0.3, -0.25) is 0 Å². The Morgan fingerprint density at radius 3 is 2.91 bits per heavy atom. The van der Waals surface area contributed by atoms with Crippen LogP contribution in [0.15, 0.2) is 12.3 Å². The van der Waals surface area contributed by atoms with Gasteiger partial charge in [-0.05, 0) is 18.1 Å². The van der Waals surface area contributed by atoms with Gasteiger partial charge in [-0.1, -0.05) is 6.92 Å². The molecular weight excluding hydrogens is 138 g/mol. The molecule has 1 aromatic rings. The van der Waals surface area contributed by atoms with Crippen molar-refractivity contribution in [3.05, 3.63) is 23.5 Å². The van der Waals surface area contributed by atoms with Crippen molar-refractivity contribution < 1.29 is 0 Å². The first kappa shape index (κ1) is 7.55. The van der Waals surface area contributed by atoms with E-state index in [0.29, 0.717) is 11.4 Å². The minimum absolute atomic E-state index is 0.375. The number of nitriles is 1. The SMILES string of the molecule is CCc1cnc(C#N)cc1N. The number of nitrogen functional groups attached to an aromatic ring is 1. The fourth-order valence-electron chi connectivity index (χ4n) is 0.856. The highest BCUT2D eigenvalue weighted by Crippen LogP contribution is 2.11. The molecule has 1 aromatic heterocycles. The molecule has 11 heavy (non-hydrogen) atoms. The van der Waals surface area contributed by atoms with E-state index in [-0.39, 0.29) is 0 Å². The molecule has 0 spiro atoms. The molecule has 0 aliphatic rings. The second kappa shape index (κ2) is 3.02. The molecule has 0 fully saturated rings. The lowest BCUT2D eigenvalue weighted by molar-refractivity contribution is 1.10. The summed E-state index contributed by atoms with van der Waals surface area (Å²) in [5.74, 6) is 0. The van der Waals surface area contributed by atoms with E-state index >= 15 is 0 Å². The van der Waals surface area contributed by atoms with Gasteiger partial charge >= 0.3 is 0 Å². The van der Waals surface area contributed by atoms with Crippen LogP contribution in [0.5, 0.6) is 0 Å². The molecule has 0 saturated heterocycles. The largest absolute Gasteiger partial charge is 0.398 e. The lowest BCUT2D eigenvalue weighted by atomic mass is 10.2. The molecule has 0 aromatic carbocycles. The van der Waals surface area contributed by atoms with Crippen molar-refractivity contribution in [1.29, 1.82) is 5.26 Å². The highest BCUT2D eigenvalue weighted by Gasteiger charge is 1.98. The normalized spacial score (nSPS) is 9.09. The minimum atomic E-state index is 0.375. The number of nitrogens with two attached hydrogens (primary N) is 1. The van der Waals surface area contributed by atoms with Crippen molar-refractivity contribution in [2.75, 3.05) is 5.73 Å². The summed E-state index contributed by atoms with van der Waals surface area (Å²) >= 11 is 0. The Labute approximate surface area is 65.5 Å². The van der Waals surface area contributed by atoms with Gasteiger partial charge in [0.15, 0.2) is 0 Å². The molecule has 0 bridgehead atoms. The first-order valence-corrected chi connectivity index (χ1v) is 3.42. The molecule has 0 aliphatic carbocycles. The molecule has 56 valence electrons. The van der Waals surface area contributed by atoms with E-state index in [1.807, 2.05) is 13.0 Å². The predicted octanol–water partition coefficient (Wildman–Crippen LogP) is 1.10. The van der Waals surface area contributed by atoms with Crippen LogP contribution >= 0.6 is 0 Å². The quantitative estimate of drug-likeness (QED) is 0.646. The van der Waals surface area contributed by atoms with Crippen molar-refractivity contribution in [3.63, 3.8) is 0 Å². The van der Waals surface area contributed by atoms with Crippen LogP contribution < -0.4 is 5.73 Å². The number of aromatic nitrogens is 1. The van der Waals surface area contributed by atoms with E-state index in [0.717, 1.165) is 12.0 Å². The number of nitrogens with zero attached hydrogens (tertiary/aromatic N) is 2. The van der Waals surface area contributed by atoms with Crippen LogP contribution in [-0.4, -0.2) is 4.98 Å². The lowest BCUT2D eigenvalue weighted by Gasteiger charge is -1.99. The summed E-state index contributed by atoms with van der Waals surface area (Å²) < 4.78 is 0. The van der Waals surface area contributed by atoms with E-state index in [1.54, 1.807) is 12.3 Å². The predicted molar refractivity (Wildman–Crippen MR) is 42.7 cm³/mol. The molecule has 3 nitrogen and oxygen atoms in total. The molecule has 0 unspecified atom stereocenters. The van der Waals surface area contributed by atoms with E-state index in [1.165, 1.54) is 0 Å². The van der Waals surface area contributed by atoms with Crippen molar-refractivity contribution in [2.24, 2.45) is 0 Å². The van der Waals surface area contributed by atoms with Gasteiger partial charge in [-0.15, -0.1) is 0 Å². The Balaban J connectivity index is 3.12. The summed E-state index contributed by atoms with van der Waals surface area (Å²) in [6.07, 6.45) is 2.50. The maximum atomic E-state index is 8.46. The minimum Gasteiger partial charge on any atom is -0.398 e. The Kier molecular flexibility index (Phi) is 2.07. The molecule has 2 N–H and O–H groups in total. The summed E-state index contributed by atoms with van der Waals surface area (Å²) in [6.45, 7) is 2.00. The first-order chi connectivity index (χ1) is 5.27. The molecule has 0 aliphatic heterocycles. The zero-order valence-corrected chi connectivity index (χ0v) is 6.33. The van der Waals surface area contributed by atoms with Crippen LogP contribution in [0.25, 0.3) is 0 Å². The number of hydrogen-bond donors (Lipinski definition) is 1. The molecular formula is C8H9N3. The van der Waals surface area contributed by atoms with Gasteiger partial charge in [0.25, 0.3) is 0 Å².